The molecule has 2 aromatic rings. The van der Waals surface area contributed by atoms with Crippen LogP contribution in [-0.4, -0.2) is 49.4 Å². The van der Waals surface area contributed by atoms with Crippen LogP contribution in [0.25, 0.3) is 11.0 Å². The van der Waals surface area contributed by atoms with Gasteiger partial charge in [0, 0.05) is 30.7 Å². The number of carbonyl (C=O) groups excluding carboxylic acids is 1. The molecule has 0 aliphatic heterocycles. The minimum atomic E-state index is -1.51. The molecule has 2 aromatic heterocycles. The number of ether oxygens (including phenoxy) is 3. The van der Waals surface area contributed by atoms with E-state index in [9.17, 15) is 9.18 Å². The average Bonchev–Trinajstić information content (AvgIpc) is 3.06. The lowest BCUT2D eigenvalue weighted by Crippen LogP contribution is -2.20. The van der Waals surface area contributed by atoms with Crippen LogP contribution < -0.4 is 4.74 Å². The molecule has 3 rings (SSSR count). The normalized spacial score (nSPS) is 17.4. The molecule has 138 valence electrons. The Morgan fingerprint density at radius 1 is 1.42 bits per heavy atom. The quantitative estimate of drug-likeness (QED) is 0.587. The Hall–Kier alpha value is -2.38. The van der Waals surface area contributed by atoms with Crippen LogP contribution in [-0.2, 0) is 9.47 Å². The first-order valence-electron chi connectivity index (χ1n) is 7.98. The van der Waals surface area contributed by atoms with Crippen LogP contribution in [0.3, 0.4) is 0 Å². The number of allylic oxidation sites excluding steroid dienone is 3. The maximum absolute atomic E-state index is 14.5. The maximum Gasteiger partial charge on any atom is 0.195 e. The molecule has 0 amide bonds. The van der Waals surface area contributed by atoms with Gasteiger partial charge in [-0.1, -0.05) is 11.6 Å². The summed E-state index contributed by atoms with van der Waals surface area (Å²) in [6.07, 6.45) is 3.08. The number of H-pyrrole nitrogens is 1. The van der Waals surface area contributed by atoms with Crippen LogP contribution in [0.4, 0.5) is 4.39 Å². The van der Waals surface area contributed by atoms with E-state index in [0.717, 1.165) is 0 Å². The number of nitrogens with zero attached hydrogens (tertiary/aromatic N) is 1. The lowest BCUT2D eigenvalue weighted by atomic mass is 9.94. The molecule has 2 heterocycles. The molecule has 0 bridgehead atoms. The van der Waals surface area contributed by atoms with Gasteiger partial charge < -0.3 is 19.2 Å². The largest absolute Gasteiger partial charge is 0.495 e. The van der Waals surface area contributed by atoms with Crippen molar-refractivity contribution in [3.8, 4) is 5.75 Å². The lowest BCUT2D eigenvalue weighted by Gasteiger charge is -2.20. The number of pyridine rings is 1. The molecule has 0 spiro atoms. The number of aromatic nitrogens is 2. The topological polar surface area (TPSA) is 73.4 Å². The SMILES string of the molecule is COCCOC1=CCC(F)C(C(=O)c2c[nH]c3ncc(OC)cc23)=C1Cl. The zero-order chi connectivity index (χ0) is 18.7. The Kier molecular flexibility index (Phi) is 5.58. The summed E-state index contributed by atoms with van der Waals surface area (Å²) >= 11 is 6.28. The highest BCUT2D eigenvalue weighted by Crippen LogP contribution is 2.34. The summed E-state index contributed by atoms with van der Waals surface area (Å²) in [5.41, 5.74) is 0.662. The van der Waals surface area contributed by atoms with Gasteiger partial charge in [0.25, 0.3) is 0 Å². The summed E-state index contributed by atoms with van der Waals surface area (Å²) in [7, 11) is 3.05. The van der Waals surface area contributed by atoms with Gasteiger partial charge in [-0.3, -0.25) is 4.79 Å². The summed E-state index contributed by atoms with van der Waals surface area (Å²) < 4.78 is 30.1. The number of fused-ring (bicyclic) bond motifs is 1. The van der Waals surface area contributed by atoms with Gasteiger partial charge in [0.2, 0.25) is 0 Å². The van der Waals surface area contributed by atoms with Crippen LogP contribution in [0.5, 0.6) is 5.75 Å². The number of ketones is 1. The maximum atomic E-state index is 14.5. The van der Waals surface area contributed by atoms with Crippen LogP contribution in [0, 0.1) is 0 Å². The van der Waals surface area contributed by atoms with Crippen LogP contribution >= 0.6 is 11.6 Å². The Labute approximate surface area is 154 Å². The van der Waals surface area contributed by atoms with Crippen molar-refractivity contribution in [1.82, 2.24) is 9.97 Å². The summed E-state index contributed by atoms with van der Waals surface area (Å²) in [6, 6.07) is 1.67. The molecule has 1 atom stereocenters. The predicted octanol–water partition coefficient (Wildman–Crippen LogP) is 3.54. The number of Topliss-reactive ketones (excluding diaryl/α,β-unsaturated/α-hetero) is 1. The van der Waals surface area contributed by atoms with Crippen LogP contribution in [0.1, 0.15) is 16.8 Å². The van der Waals surface area contributed by atoms with E-state index in [1.807, 2.05) is 0 Å². The first-order valence-corrected chi connectivity index (χ1v) is 8.36. The zero-order valence-electron chi connectivity index (χ0n) is 14.3. The third kappa shape index (κ3) is 3.45. The number of nitrogens with one attached hydrogen (secondary N) is 1. The number of rotatable bonds is 7. The molecule has 0 fully saturated rings. The van der Waals surface area contributed by atoms with Crippen molar-refractivity contribution in [2.24, 2.45) is 0 Å². The number of carbonyl (C=O) groups is 1. The Balaban J connectivity index is 1.97. The Bertz CT molecular complexity index is 890. The van der Waals surface area contributed by atoms with E-state index in [2.05, 4.69) is 9.97 Å². The van der Waals surface area contributed by atoms with E-state index >= 15 is 0 Å². The highest BCUT2D eigenvalue weighted by atomic mass is 35.5. The fourth-order valence-electron chi connectivity index (χ4n) is 2.72. The van der Waals surface area contributed by atoms with Gasteiger partial charge in [-0.25, -0.2) is 9.37 Å². The van der Waals surface area contributed by atoms with E-state index in [1.165, 1.54) is 19.5 Å². The molecule has 0 saturated heterocycles. The molecule has 1 unspecified atom stereocenters. The molecule has 0 saturated carbocycles. The fourth-order valence-corrected chi connectivity index (χ4v) is 3.05. The van der Waals surface area contributed by atoms with E-state index in [0.29, 0.717) is 23.4 Å². The van der Waals surface area contributed by atoms with E-state index in [1.54, 1.807) is 19.3 Å². The lowest BCUT2D eigenvalue weighted by molar-refractivity contribution is 0.0999. The molecule has 26 heavy (non-hydrogen) atoms. The molecule has 8 heteroatoms. The standard InChI is InChI=1S/C18H18ClFN2O4/c1-24-5-6-26-14-4-3-13(20)15(16(14)19)17(23)12-9-22-18-11(12)7-10(25-2)8-21-18/h4,7-9,13H,3,5-6H2,1-2H3,(H,21,22). The molecular weight excluding hydrogens is 363 g/mol. The predicted molar refractivity (Wildman–Crippen MR) is 95.3 cm³/mol. The third-order valence-corrected chi connectivity index (χ3v) is 4.44. The highest BCUT2D eigenvalue weighted by Gasteiger charge is 2.31. The van der Waals surface area contributed by atoms with Gasteiger partial charge in [-0.15, -0.1) is 0 Å². The van der Waals surface area contributed by atoms with Gasteiger partial charge in [0.1, 0.15) is 29.9 Å². The minimum Gasteiger partial charge on any atom is -0.495 e. The van der Waals surface area contributed by atoms with Gasteiger partial charge in [-0.05, 0) is 12.1 Å². The van der Waals surface area contributed by atoms with Crippen molar-refractivity contribution >= 4 is 28.4 Å². The average molecular weight is 381 g/mol. The number of hydrogen-bond acceptors (Lipinski definition) is 5. The van der Waals surface area contributed by atoms with Crippen molar-refractivity contribution < 1.29 is 23.4 Å². The molecule has 1 N–H and O–H groups in total. The molecule has 0 radical (unpaired) electrons. The smallest absolute Gasteiger partial charge is 0.195 e. The summed E-state index contributed by atoms with van der Waals surface area (Å²) in [6.45, 7) is 0.614. The molecule has 1 aliphatic rings. The zero-order valence-corrected chi connectivity index (χ0v) is 15.1. The number of halogens is 2. The van der Waals surface area contributed by atoms with Crippen molar-refractivity contribution in [2.75, 3.05) is 27.4 Å². The number of aromatic amines is 1. The summed E-state index contributed by atoms with van der Waals surface area (Å²) in [5, 5.41) is 0.518. The van der Waals surface area contributed by atoms with E-state index in [-0.39, 0.29) is 35.0 Å². The van der Waals surface area contributed by atoms with Crippen LogP contribution in [0.15, 0.2) is 40.9 Å². The van der Waals surface area contributed by atoms with Crippen molar-refractivity contribution in [2.45, 2.75) is 12.6 Å². The van der Waals surface area contributed by atoms with Gasteiger partial charge >= 0.3 is 0 Å². The van der Waals surface area contributed by atoms with E-state index < -0.39 is 12.0 Å². The number of alkyl halides is 1. The second-order valence-electron chi connectivity index (χ2n) is 5.64. The third-order valence-electron chi connectivity index (χ3n) is 4.05. The Morgan fingerprint density at radius 2 is 2.23 bits per heavy atom. The minimum absolute atomic E-state index is 0.0174. The summed E-state index contributed by atoms with van der Waals surface area (Å²) in [4.78, 5) is 20.1. The number of hydrogen-bond donors (Lipinski definition) is 1. The fraction of sp³-hybridized carbons (Fsp3) is 0.333. The highest BCUT2D eigenvalue weighted by molar-refractivity contribution is 6.35. The molecular formula is C18H18ClFN2O4. The molecule has 1 aliphatic carbocycles. The molecule has 0 aromatic carbocycles. The first-order chi connectivity index (χ1) is 12.6. The Morgan fingerprint density at radius 3 is 2.96 bits per heavy atom. The van der Waals surface area contributed by atoms with Crippen LogP contribution in [0.2, 0.25) is 0 Å². The molecule has 6 nitrogen and oxygen atoms in total. The second-order valence-corrected chi connectivity index (χ2v) is 6.02. The first kappa shape index (κ1) is 18.4. The number of methoxy groups -OCH3 is 2. The monoisotopic (exact) mass is 380 g/mol. The van der Waals surface area contributed by atoms with Gasteiger partial charge in [-0.2, -0.15) is 0 Å². The summed E-state index contributed by atoms with van der Waals surface area (Å²) in [5.74, 6) is 0.274. The van der Waals surface area contributed by atoms with Crippen molar-refractivity contribution in [1.29, 1.82) is 0 Å². The van der Waals surface area contributed by atoms with E-state index in [4.69, 9.17) is 25.8 Å². The van der Waals surface area contributed by atoms with Gasteiger partial charge in [0.05, 0.1) is 30.5 Å². The second kappa shape index (κ2) is 7.88. The van der Waals surface area contributed by atoms with Crippen molar-refractivity contribution in [3.05, 3.63) is 46.5 Å². The van der Waals surface area contributed by atoms with Gasteiger partial charge in [0.15, 0.2) is 5.78 Å². The van der Waals surface area contributed by atoms with Crippen molar-refractivity contribution in [3.63, 3.8) is 0 Å².